The molecule has 0 aliphatic rings. The zero-order valence-electron chi connectivity index (χ0n) is 10.9. The number of aryl methyl sites for hydroxylation is 1. The lowest BCUT2D eigenvalue weighted by molar-refractivity contribution is -0.384. The minimum absolute atomic E-state index is 0.117. The van der Waals surface area contributed by atoms with E-state index in [1.165, 1.54) is 30.5 Å². The van der Waals surface area contributed by atoms with Gasteiger partial charge in [-0.05, 0) is 25.1 Å². The van der Waals surface area contributed by atoms with E-state index in [0.29, 0.717) is 11.3 Å². The maximum Gasteiger partial charge on any atom is 0.307 e. The molecular formula is C13H10ClN3O4. The van der Waals surface area contributed by atoms with Crippen molar-refractivity contribution in [3.63, 3.8) is 0 Å². The van der Waals surface area contributed by atoms with Crippen LogP contribution in [0.3, 0.4) is 0 Å². The Morgan fingerprint density at radius 3 is 2.81 bits per heavy atom. The van der Waals surface area contributed by atoms with Crippen LogP contribution in [0.2, 0.25) is 5.02 Å². The molecule has 1 aromatic heterocycles. The maximum atomic E-state index is 11.6. The van der Waals surface area contributed by atoms with Gasteiger partial charge in [0.1, 0.15) is 5.76 Å². The molecule has 0 spiro atoms. The maximum absolute atomic E-state index is 11.6. The molecule has 0 radical (unpaired) electrons. The van der Waals surface area contributed by atoms with Crippen molar-refractivity contribution in [3.8, 4) is 0 Å². The van der Waals surface area contributed by atoms with Crippen LogP contribution in [0, 0.1) is 17.0 Å². The smallest absolute Gasteiger partial charge is 0.307 e. The lowest BCUT2D eigenvalue weighted by atomic mass is 10.2. The minimum Gasteiger partial charge on any atom is -0.456 e. The van der Waals surface area contributed by atoms with E-state index in [2.05, 4.69) is 10.5 Å². The van der Waals surface area contributed by atoms with E-state index in [0.717, 1.165) is 0 Å². The van der Waals surface area contributed by atoms with Gasteiger partial charge in [-0.3, -0.25) is 14.9 Å². The Morgan fingerprint density at radius 2 is 2.19 bits per heavy atom. The van der Waals surface area contributed by atoms with Gasteiger partial charge >= 0.3 is 5.91 Å². The van der Waals surface area contributed by atoms with E-state index in [4.69, 9.17) is 16.0 Å². The number of nitro benzene ring substituents is 1. The number of carbonyl (C=O) groups excluding carboxylic acids is 1. The Hall–Kier alpha value is -2.67. The van der Waals surface area contributed by atoms with Crippen LogP contribution < -0.4 is 5.43 Å². The third kappa shape index (κ3) is 3.67. The summed E-state index contributed by atoms with van der Waals surface area (Å²) in [6.07, 6.45) is 1.23. The molecule has 2 rings (SSSR count). The molecule has 0 aliphatic heterocycles. The number of hydrazone groups is 1. The summed E-state index contributed by atoms with van der Waals surface area (Å²) in [6, 6.07) is 7.09. The van der Waals surface area contributed by atoms with Gasteiger partial charge in [0.05, 0.1) is 11.1 Å². The van der Waals surface area contributed by atoms with Crippen LogP contribution in [0.15, 0.2) is 39.9 Å². The Kier molecular flexibility index (Phi) is 4.34. The Bertz CT molecular complexity index is 724. The molecule has 0 atom stereocenters. The number of nitrogens with one attached hydrogen (secondary N) is 1. The molecule has 0 saturated carbocycles. The second-order valence-electron chi connectivity index (χ2n) is 4.07. The van der Waals surface area contributed by atoms with Gasteiger partial charge in [0, 0.05) is 22.7 Å². The van der Waals surface area contributed by atoms with E-state index in [9.17, 15) is 14.9 Å². The minimum atomic E-state index is -0.544. The van der Waals surface area contributed by atoms with Crippen LogP contribution in [-0.2, 0) is 0 Å². The topological polar surface area (TPSA) is 97.7 Å². The predicted molar refractivity (Wildman–Crippen MR) is 76.6 cm³/mol. The van der Waals surface area contributed by atoms with Gasteiger partial charge in [-0.15, -0.1) is 0 Å². The zero-order chi connectivity index (χ0) is 15.4. The lowest BCUT2D eigenvalue weighted by Gasteiger charge is -1.99. The molecule has 0 fully saturated rings. The van der Waals surface area contributed by atoms with Crippen molar-refractivity contribution in [3.05, 3.63) is 62.6 Å². The number of hydrogen-bond acceptors (Lipinski definition) is 5. The number of carbonyl (C=O) groups is 1. The summed E-state index contributed by atoms with van der Waals surface area (Å²) in [5.41, 5.74) is 2.45. The number of furan rings is 1. The lowest BCUT2D eigenvalue weighted by Crippen LogP contribution is -2.16. The van der Waals surface area contributed by atoms with Crippen LogP contribution in [0.4, 0.5) is 5.69 Å². The summed E-state index contributed by atoms with van der Waals surface area (Å²) < 4.78 is 5.12. The second kappa shape index (κ2) is 6.19. The van der Waals surface area contributed by atoms with Crippen molar-refractivity contribution in [1.82, 2.24) is 5.43 Å². The van der Waals surface area contributed by atoms with Crippen LogP contribution in [0.25, 0.3) is 0 Å². The molecule has 0 bridgehead atoms. The average molecular weight is 308 g/mol. The van der Waals surface area contributed by atoms with Crippen LogP contribution in [0.5, 0.6) is 0 Å². The zero-order valence-corrected chi connectivity index (χ0v) is 11.6. The summed E-state index contributed by atoms with van der Waals surface area (Å²) in [4.78, 5) is 21.8. The fourth-order valence-electron chi connectivity index (χ4n) is 1.52. The third-order valence-corrected chi connectivity index (χ3v) is 2.87. The molecule has 7 nitrogen and oxygen atoms in total. The number of amides is 1. The highest BCUT2D eigenvalue weighted by Crippen LogP contribution is 2.20. The van der Waals surface area contributed by atoms with E-state index in [1.54, 1.807) is 13.0 Å². The number of rotatable bonds is 4. The molecule has 8 heteroatoms. The predicted octanol–water partition coefficient (Wildman–Crippen LogP) is 2.91. The number of nitrogens with zero attached hydrogens (tertiary/aromatic N) is 2. The summed E-state index contributed by atoms with van der Waals surface area (Å²) in [6.45, 7) is 1.71. The van der Waals surface area contributed by atoms with E-state index < -0.39 is 10.8 Å². The molecule has 21 heavy (non-hydrogen) atoms. The largest absolute Gasteiger partial charge is 0.456 e. The van der Waals surface area contributed by atoms with Gasteiger partial charge in [0.15, 0.2) is 5.76 Å². The molecule has 1 heterocycles. The summed E-state index contributed by atoms with van der Waals surface area (Å²) in [5.74, 6) is 0.196. The number of nitro groups is 1. The molecule has 2 aromatic rings. The van der Waals surface area contributed by atoms with Gasteiger partial charge in [0.2, 0.25) is 0 Å². The molecule has 1 amide bonds. The monoisotopic (exact) mass is 307 g/mol. The normalized spacial score (nSPS) is 10.8. The number of benzene rings is 1. The fourth-order valence-corrected chi connectivity index (χ4v) is 1.68. The highest BCUT2D eigenvalue weighted by molar-refractivity contribution is 6.33. The molecule has 108 valence electrons. The molecule has 0 saturated heterocycles. The number of halogens is 1. The van der Waals surface area contributed by atoms with Crippen molar-refractivity contribution < 1.29 is 14.1 Å². The van der Waals surface area contributed by atoms with Gasteiger partial charge < -0.3 is 4.42 Å². The van der Waals surface area contributed by atoms with Crippen LogP contribution >= 0.6 is 11.6 Å². The molecular weight excluding hydrogens is 298 g/mol. The molecule has 1 N–H and O–H groups in total. The van der Waals surface area contributed by atoms with E-state index in [-0.39, 0.29) is 16.5 Å². The SMILES string of the molecule is Cc1ccc(C(=O)N/N=C/c2cc([N+](=O)[O-])ccc2Cl)o1. The average Bonchev–Trinajstić information content (AvgIpc) is 2.87. The van der Waals surface area contributed by atoms with Crippen molar-refractivity contribution in [2.75, 3.05) is 0 Å². The highest BCUT2D eigenvalue weighted by Gasteiger charge is 2.10. The van der Waals surface area contributed by atoms with Gasteiger partial charge in [0.25, 0.3) is 5.69 Å². The summed E-state index contributed by atoms with van der Waals surface area (Å²) in [7, 11) is 0. The Morgan fingerprint density at radius 1 is 1.43 bits per heavy atom. The second-order valence-corrected chi connectivity index (χ2v) is 4.48. The third-order valence-electron chi connectivity index (χ3n) is 2.52. The summed E-state index contributed by atoms with van der Waals surface area (Å²) >= 11 is 5.89. The first-order valence-electron chi connectivity index (χ1n) is 5.81. The fraction of sp³-hybridized carbons (Fsp3) is 0.0769. The standard InChI is InChI=1S/C13H10ClN3O4/c1-8-2-5-12(21-8)13(18)16-15-7-9-6-10(17(19)20)3-4-11(9)14/h2-7H,1H3,(H,16,18)/b15-7+. The first-order valence-corrected chi connectivity index (χ1v) is 6.19. The molecule has 1 aromatic carbocycles. The van der Waals surface area contributed by atoms with Crippen molar-refractivity contribution in [1.29, 1.82) is 0 Å². The Balaban J connectivity index is 2.09. The number of hydrogen-bond donors (Lipinski definition) is 1. The quantitative estimate of drug-likeness (QED) is 0.533. The highest BCUT2D eigenvalue weighted by atomic mass is 35.5. The molecule has 0 unspecified atom stereocenters. The van der Waals surface area contributed by atoms with Gasteiger partial charge in [-0.25, -0.2) is 5.43 Å². The first-order chi connectivity index (χ1) is 9.97. The van der Waals surface area contributed by atoms with Gasteiger partial charge in [-0.1, -0.05) is 11.6 Å². The van der Waals surface area contributed by atoms with E-state index in [1.807, 2.05) is 0 Å². The first kappa shape index (κ1) is 14.7. The van der Waals surface area contributed by atoms with Crippen molar-refractivity contribution in [2.45, 2.75) is 6.92 Å². The molecule has 0 aliphatic carbocycles. The Labute approximate surface area is 124 Å². The van der Waals surface area contributed by atoms with Gasteiger partial charge in [-0.2, -0.15) is 5.10 Å². The van der Waals surface area contributed by atoms with Crippen LogP contribution in [0.1, 0.15) is 21.9 Å². The van der Waals surface area contributed by atoms with E-state index >= 15 is 0 Å². The van der Waals surface area contributed by atoms with Crippen molar-refractivity contribution >= 4 is 29.4 Å². The van der Waals surface area contributed by atoms with Crippen molar-refractivity contribution in [2.24, 2.45) is 5.10 Å². The van der Waals surface area contributed by atoms with Crippen LogP contribution in [-0.4, -0.2) is 17.0 Å². The number of non-ortho nitro benzene ring substituents is 1. The summed E-state index contributed by atoms with van der Waals surface area (Å²) in [5, 5.41) is 14.7.